The number of piperidine rings is 2. The van der Waals surface area contributed by atoms with Crippen LogP contribution in [0.1, 0.15) is 12.8 Å². The van der Waals surface area contributed by atoms with Gasteiger partial charge < -0.3 is 19.5 Å². The number of aliphatic carboxylic acids is 1. The van der Waals surface area contributed by atoms with E-state index in [0.717, 1.165) is 0 Å². The Morgan fingerprint density at radius 3 is 2.61 bits per heavy atom. The molecule has 0 unspecified atom stereocenters. The Balaban J connectivity index is 2.08. The van der Waals surface area contributed by atoms with E-state index < -0.39 is 23.1 Å². The van der Waals surface area contributed by atoms with E-state index in [1.807, 2.05) is 0 Å². The molecule has 0 atom stereocenters. The lowest BCUT2D eigenvalue weighted by Gasteiger charge is -2.59. The summed E-state index contributed by atoms with van der Waals surface area (Å²) in [6.45, 7) is 4.15. The van der Waals surface area contributed by atoms with E-state index in [4.69, 9.17) is 9.47 Å². The highest BCUT2D eigenvalue weighted by atomic mass is 16.6. The van der Waals surface area contributed by atoms with Gasteiger partial charge in [0, 0.05) is 13.7 Å². The van der Waals surface area contributed by atoms with Gasteiger partial charge >= 0.3 is 12.1 Å². The normalized spacial score (nSPS) is 33.5. The van der Waals surface area contributed by atoms with Gasteiger partial charge in [-0.3, -0.25) is 4.79 Å². The summed E-state index contributed by atoms with van der Waals surface area (Å²) >= 11 is 0. The van der Waals surface area contributed by atoms with Gasteiger partial charge in [0.1, 0.15) is 6.61 Å². The topological polar surface area (TPSA) is 76.1 Å². The van der Waals surface area contributed by atoms with Gasteiger partial charge in [-0.2, -0.15) is 0 Å². The SMILES string of the molecule is C=CCOC(=O)N1CC2(OC)CC(C(=O)O)(C1)C2. The van der Waals surface area contributed by atoms with Gasteiger partial charge in [0.05, 0.1) is 17.6 Å². The number of carboxylic acids is 1. The van der Waals surface area contributed by atoms with Crippen molar-refractivity contribution in [1.82, 2.24) is 4.90 Å². The average Bonchev–Trinajstić information content (AvgIpc) is 2.34. The molecule has 2 bridgehead atoms. The van der Waals surface area contributed by atoms with Crippen LogP contribution in [0.2, 0.25) is 0 Å². The lowest BCUT2D eigenvalue weighted by molar-refractivity contribution is -0.216. The minimum Gasteiger partial charge on any atom is -0.481 e. The molecule has 2 saturated heterocycles. The maximum absolute atomic E-state index is 11.8. The van der Waals surface area contributed by atoms with Crippen LogP contribution in [-0.2, 0) is 14.3 Å². The van der Waals surface area contributed by atoms with E-state index in [2.05, 4.69) is 6.58 Å². The van der Waals surface area contributed by atoms with Crippen LogP contribution in [0.5, 0.6) is 0 Å². The second-order valence-corrected chi connectivity index (χ2v) is 5.05. The monoisotopic (exact) mass is 255 g/mol. The molecule has 3 fully saturated rings. The van der Waals surface area contributed by atoms with Gasteiger partial charge in [0.25, 0.3) is 0 Å². The first-order valence-corrected chi connectivity index (χ1v) is 5.78. The number of carboxylic acid groups (broad SMARTS) is 1. The summed E-state index contributed by atoms with van der Waals surface area (Å²) in [5.41, 5.74) is -1.40. The fourth-order valence-corrected chi connectivity index (χ4v) is 2.95. The third-order valence-corrected chi connectivity index (χ3v) is 3.76. The number of rotatable bonds is 4. The Hall–Kier alpha value is -1.56. The molecule has 1 aliphatic carbocycles. The summed E-state index contributed by atoms with van der Waals surface area (Å²) in [6.07, 6.45) is 1.87. The molecule has 6 heteroatoms. The maximum atomic E-state index is 11.8. The minimum atomic E-state index is -0.878. The number of hydrogen-bond donors (Lipinski definition) is 1. The van der Waals surface area contributed by atoms with Crippen molar-refractivity contribution in [2.75, 3.05) is 26.8 Å². The van der Waals surface area contributed by atoms with Crippen molar-refractivity contribution in [1.29, 1.82) is 0 Å². The fourth-order valence-electron chi connectivity index (χ4n) is 2.95. The van der Waals surface area contributed by atoms with E-state index in [1.165, 1.54) is 11.0 Å². The molecule has 0 spiro atoms. The highest BCUT2D eigenvalue weighted by molar-refractivity contribution is 5.79. The van der Waals surface area contributed by atoms with Crippen LogP contribution in [0.25, 0.3) is 0 Å². The predicted octanol–water partition coefficient (Wildman–Crippen LogP) is 0.875. The Morgan fingerprint density at radius 1 is 1.44 bits per heavy atom. The van der Waals surface area contributed by atoms with Crippen LogP contribution in [0.3, 0.4) is 0 Å². The highest BCUT2D eigenvalue weighted by Crippen LogP contribution is 2.55. The Bertz CT molecular complexity index is 386. The standard InChI is InChI=1S/C12H17NO5/c1-3-4-18-10(16)13-7-11(9(14)15)5-12(6-11,8-13)17-2/h3H,1,4-8H2,2H3,(H,14,15). The van der Waals surface area contributed by atoms with Gasteiger partial charge in [0.2, 0.25) is 0 Å². The van der Waals surface area contributed by atoms with Crippen molar-refractivity contribution in [2.45, 2.75) is 18.4 Å². The van der Waals surface area contributed by atoms with E-state index in [0.29, 0.717) is 19.4 Å². The molecule has 6 nitrogen and oxygen atoms in total. The molecule has 0 radical (unpaired) electrons. The molecule has 100 valence electrons. The summed E-state index contributed by atoms with van der Waals surface area (Å²) in [7, 11) is 1.55. The first-order valence-electron chi connectivity index (χ1n) is 5.78. The lowest BCUT2D eigenvalue weighted by atomic mass is 9.56. The second kappa shape index (κ2) is 4.28. The zero-order chi connectivity index (χ0) is 13.4. The van der Waals surface area contributed by atoms with E-state index >= 15 is 0 Å². The first-order chi connectivity index (χ1) is 8.47. The third-order valence-electron chi connectivity index (χ3n) is 3.76. The summed E-state index contributed by atoms with van der Waals surface area (Å²) in [6, 6.07) is 0. The number of methoxy groups -OCH3 is 1. The van der Waals surface area contributed by atoms with Crippen molar-refractivity contribution in [3.05, 3.63) is 12.7 Å². The van der Waals surface area contributed by atoms with Crippen LogP contribution < -0.4 is 0 Å². The molecule has 2 heterocycles. The molecular formula is C12H17NO5. The van der Waals surface area contributed by atoms with Gasteiger partial charge in [-0.1, -0.05) is 12.7 Å². The van der Waals surface area contributed by atoms with Gasteiger partial charge in [0.15, 0.2) is 0 Å². The maximum Gasteiger partial charge on any atom is 0.410 e. The van der Waals surface area contributed by atoms with Gasteiger partial charge in [-0.05, 0) is 12.8 Å². The molecule has 3 rings (SSSR count). The van der Waals surface area contributed by atoms with Gasteiger partial charge in [-0.15, -0.1) is 0 Å². The molecule has 3 aliphatic rings. The molecule has 1 saturated carbocycles. The number of carbonyl (C=O) groups excluding carboxylic acids is 1. The molecule has 0 aromatic rings. The molecule has 0 aromatic carbocycles. The fraction of sp³-hybridized carbons (Fsp3) is 0.667. The van der Waals surface area contributed by atoms with Crippen molar-refractivity contribution in [3.8, 4) is 0 Å². The van der Waals surface area contributed by atoms with Crippen molar-refractivity contribution in [3.63, 3.8) is 0 Å². The van der Waals surface area contributed by atoms with E-state index in [-0.39, 0.29) is 13.2 Å². The summed E-state index contributed by atoms with van der Waals surface area (Å²) in [5.74, 6) is -0.878. The average molecular weight is 255 g/mol. The number of carbonyl (C=O) groups is 2. The lowest BCUT2D eigenvalue weighted by Crippen LogP contribution is -2.71. The Labute approximate surface area is 105 Å². The van der Waals surface area contributed by atoms with Crippen LogP contribution in [0, 0.1) is 5.41 Å². The number of ether oxygens (including phenoxy) is 2. The largest absolute Gasteiger partial charge is 0.481 e. The molecule has 0 aromatic heterocycles. The Kier molecular flexibility index (Phi) is 3.06. The molecular weight excluding hydrogens is 238 g/mol. The summed E-state index contributed by atoms with van der Waals surface area (Å²) in [5, 5.41) is 9.27. The Morgan fingerprint density at radius 2 is 2.11 bits per heavy atom. The van der Waals surface area contributed by atoms with Crippen molar-refractivity contribution >= 4 is 12.1 Å². The zero-order valence-corrected chi connectivity index (χ0v) is 10.3. The molecule has 2 aliphatic heterocycles. The minimum absolute atomic E-state index is 0.120. The highest BCUT2D eigenvalue weighted by Gasteiger charge is 2.65. The smallest absolute Gasteiger partial charge is 0.410 e. The summed E-state index contributed by atoms with van der Waals surface area (Å²) in [4.78, 5) is 24.5. The quantitative estimate of drug-likeness (QED) is 0.754. The first kappa shape index (κ1) is 12.9. The molecule has 1 amide bonds. The number of nitrogens with zero attached hydrogens (tertiary/aromatic N) is 1. The number of hydrogen-bond acceptors (Lipinski definition) is 4. The van der Waals surface area contributed by atoms with Crippen LogP contribution in [0.4, 0.5) is 4.79 Å². The van der Waals surface area contributed by atoms with Crippen LogP contribution >= 0.6 is 0 Å². The number of fused-ring (bicyclic) bond motifs is 2. The second-order valence-electron chi connectivity index (χ2n) is 5.05. The van der Waals surface area contributed by atoms with E-state index in [1.54, 1.807) is 7.11 Å². The van der Waals surface area contributed by atoms with Crippen molar-refractivity contribution < 1.29 is 24.2 Å². The zero-order valence-electron chi connectivity index (χ0n) is 10.3. The van der Waals surface area contributed by atoms with Crippen molar-refractivity contribution in [2.24, 2.45) is 5.41 Å². The van der Waals surface area contributed by atoms with Gasteiger partial charge in [-0.25, -0.2) is 4.79 Å². The van der Waals surface area contributed by atoms with Crippen LogP contribution in [0.15, 0.2) is 12.7 Å². The molecule has 1 N–H and O–H groups in total. The predicted molar refractivity (Wildman–Crippen MR) is 62.2 cm³/mol. The molecule has 18 heavy (non-hydrogen) atoms. The number of amides is 1. The summed E-state index contributed by atoms with van der Waals surface area (Å²) < 4.78 is 10.3. The van der Waals surface area contributed by atoms with Crippen LogP contribution in [-0.4, -0.2) is 54.5 Å². The van der Waals surface area contributed by atoms with E-state index in [9.17, 15) is 14.7 Å². The third kappa shape index (κ3) is 1.86.